The van der Waals surface area contributed by atoms with Crippen molar-refractivity contribution in [2.24, 2.45) is 0 Å². The van der Waals surface area contributed by atoms with Crippen LogP contribution < -0.4 is 10.1 Å². The van der Waals surface area contributed by atoms with Gasteiger partial charge >= 0.3 is 0 Å². The van der Waals surface area contributed by atoms with Crippen molar-refractivity contribution >= 4 is 5.91 Å². The minimum absolute atomic E-state index is 0.109. The zero-order valence-corrected chi connectivity index (χ0v) is 13.4. The lowest BCUT2D eigenvalue weighted by atomic mass is 10.1. The fourth-order valence-corrected chi connectivity index (χ4v) is 2.12. The van der Waals surface area contributed by atoms with E-state index < -0.39 is 6.10 Å². The van der Waals surface area contributed by atoms with E-state index in [-0.39, 0.29) is 25.0 Å². The molecule has 2 N–H and O–H groups in total. The van der Waals surface area contributed by atoms with Gasteiger partial charge in [-0.15, -0.1) is 0 Å². The lowest BCUT2D eigenvalue weighted by Gasteiger charge is -2.14. The summed E-state index contributed by atoms with van der Waals surface area (Å²) >= 11 is 0. The minimum atomic E-state index is -0.749. The topological polar surface area (TPSA) is 71.5 Å². The number of rotatable bonds is 7. The fourth-order valence-electron chi connectivity index (χ4n) is 2.12. The first-order valence-corrected chi connectivity index (χ1v) is 7.65. The summed E-state index contributed by atoms with van der Waals surface area (Å²) in [6.07, 6.45) is 2.93. The number of aliphatic hydroxyl groups is 1. The van der Waals surface area contributed by atoms with E-state index in [1.54, 1.807) is 30.6 Å². The summed E-state index contributed by atoms with van der Waals surface area (Å²) < 4.78 is 5.56. The van der Waals surface area contributed by atoms with E-state index in [1.807, 2.05) is 32.0 Å². The second-order valence-electron chi connectivity index (χ2n) is 5.59. The van der Waals surface area contributed by atoms with Crippen LogP contribution >= 0.6 is 0 Å². The van der Waals surface area contributed by atoms with Crippen LogP contribution in [0.1, 0.15) is 31.1 Å². The summed E-state index contributed by atoms with van der Waals surface area (Å²) in [4.78, 5) is 15.8. The molecule has 0 aliphatic heterocycles. The molecule has 1 amide bonds. The van der Waals surface area contributed by atoms with E-state index in [9.17, 15) is 9.90 Å². The smallest absolute Gasteiger partial charge is 0.224 e. The van der Waals surface area contributed by atoms with Crippen LogP contribution in [-0.2, 0) is 11.2 Å². The number of aromatic nitrogens is 1. The van der Waals surface area contributed by atoms with Crippen LogP contribution in [0.3, 0.4) is 0 Å². The summed E-state index contributed by atoms with van der Waals surface area (Å²) in [7, 11) is 0. The van der Waals surface area contributed by atoms with Crippen molar-refractivity contribution in [2.75, 3.05) is 6.54 Å². The van der Waals surface area contributed by atoms with Crippen molar-refractivity contribution in [2.45, 2.75) is 32.5 Å². The van der Waals surface area contributed by atoms with E-state index in [2.05, 4.69) is 10.3 Å². The lowest BCUT2D eigenvalue weighted by Crippen LogP contribution is -2.29. The number of nitrogens with one attached hydrogen (secondary N) is 1. The Kier molecular flexibility index (Phi) is 6.11. The molecule has 1 aromatic carbocycles. The zero-order chi connectivity index (χ0) is 16.7. The highest BCUT2D eigenvalue weighted by Gasteiger charge is 2.10. The quantitative estimate of drug-likeness (QED) is 0.822. The maximum atomic E-state index is 11.9. The van der Waals surface area contributed by atoms with E-state index in [0.717, 1.165) is 16.9 Å². The fraction of sp³-hybridized carbons (Fsp3) is 0.333. The number of ether oxygens (including phenoxy) is 1. The van der Waals surface area contributed by atoms with Crippen molar-refractivity contribution in [3.63, 3.8) is 0 Å². The first-order valence-electron chi connectivity index (χ1n) is 7.65. The number of aliphatic hydroxyl groups excluding tert-OH is 1. The largest absolute Gasteiger partial charge is 0.491 e. The number of hydrogen-bond donors (Lipinski definition) is 2. The normalized spacial score (nSPS) is 12.0. The van der Waals surface area contributed by atoms with Gasteiger partial charge < -0.3 is 15.2 Å². The van der Waals surface area contributed by atoms with Gasteiger partial charge in [-0.3, -0.25) is 9.78 Å². The molecular weight excluding hydrogens is 292 g/mol. The molecule has 0 radical (unpaired) electrons. The molecule has 0 aliphatic carbocycles. The molecule has 0 fully saturated rings. The molecule has 1 heterocycles. The Morgan fingerprint density at radius 3 is 2.61 bits per heavy atom. The summed E-state index contributed by atoms with van der Waals surface area (Å²) in [6.45, 7) is 4.09. The first kappa shape index (κ1) is 17.0. The van der Waals surface area contributed by atoms with Crippen molar-refractivity contribution < 1.29 is 14.6 Å². The van der Waals surface area contributed by atoms with Gasteiger partial charge in [0.15, 0.2) is 0 Å². The summed E-state index contributed by atoms with van der Waals surface area (Å²) in [6, 6.07) is 10.9. The predicted octanol–water partition coefficient (Wildman–Crippen LogP) is 2.26. The first-order chi connectivity index (χ1) is 11.0. The number of amides is 1. The molecule has 0 saturated carbocycles. The summed E-state index contributed by atoms with van der Waals surface area (Å²) in [5.74, 6) is 0.619. The molecule has 5 nitrogen and oxygen atoms in total. The molecule has 0 saturated heterocycles. The van der Waals surface area contributed by atoms with Crippen molar-refractivity contribution in [1.29, 1.82) is 0 Å². The summed E-state index contributed by atoms with van der Waals surface area (Å²) in [5, 5.41) is 12.9. The van der Waals surface area contributed by atoms with E-state index in [0.29, 0.717) is 0 Å². The number of hydrogen-bond acceptors (Lipinski definition) is 4. The van der Waals surface area contributed by atoms with Gasteiger partial charge in [0.2, 0.25) is 5.91 Å². The van der Waals surface area contributed by atoms with Gasteiger partial charge in [-0.2, -0.15) is 0 Å². The summed E-state index contributed by atoms with van der Waals surface area (Å²) in [5.41, 5.74) is 1.58. The number of carbonyl (C=O) groups excluding carboxylic acids is 1. The van der Waals surface area contributed by atoms with Crippen LogP contribution in [0.5, 0.6) is 5.75 Å². The van der Waals surface area contributed by atoms with Crippen LogP contribution in [0.15, 0.2) is 48.8 Å². The molecule has 122 valence electrons. The van der Waals surface area contributed by atoms with Gasteiger partial charge in [0.05, 0.1) is 18.6 Å². The maximum Gasteiger partial charge on any atom is 0.224 e. The van der Waals surface area contributed by atoms with Crippen LogP contribution in [0.4, 0.5) is 0 Å². The average molecular weight is 314 g/mol. The van der Waals surface area contributed by atoms with Gasteiger partial charge in [-0.05, 0) is 43.2 Å². The zero-order valence-electron chi connectivity index (χ0n) is 13.4. The molecule has 0 spiro atoms. The third-order valence-electron chi connectivity index (χ3n) is 3.22. The minimum Gasteiger partial charge on any atom is -0.491 e. The van der Waals surface area contributed by atoms with Gasteiger partial charge in [0.25, 0.3) is 0 Å². The second-order valence-corrected chi connectivity index (χ2v) is 5.59. The maximum absolute atomic E-state index is 11.9. The Morgan fingerprint density at radius 2 is 2.00 bits per heavy atom. The van der Waals surface area contributed by atoms with Gasteiger partial charge in [0.1, 0.15) is 5.75 Å². The third kappa shape index (κ3) is 5.71. The van der Waals surface area contributed by atoms with Gasteiger partial charge in [-0.1, -0.05) is 18.2 Å². The van der Waals surface area contributed by atoms with E-state index >= 15 is 0 Å². The molecular formula is C18H22N2O3. The number of pyridine rings is 1. The van der Waals surface area contributed by atoms with Crippen molar-refractivity contribution in [3.05, 3.63) is 59.9 Å². The van der Waals surface area contributed by atoms with Crippen LogP contribution in [0.2, 0.25) is 0 Å². The highest BCUT2D eigenvalue weighted by atomic mass is 16.5. The Labute approximate surface area is 136 Å². The van der Waals surface area contributed by atoms with Crippen LogP contribution in [-0.4, -0.2) is 28.6 Å². The Balaban J connectivity index is 1.82. The number of nitrogens with zero attached hydrogens (tertiary/aromatic N) is 1. The third-order valence-corrected chi connectivity index (χ3v) is 3.22. The molecule has 0 aliphatic rings. The molecule has 1 unspecified atom stereocenters. The predicted molar refractivity (Wildman–Crippen MR) is 88.1 cm³/mol. The highest BCUT2D eigenvalue weighted by Crippen LogP contribution is 2.18. The molecule has 2 aromatic rings. The second kappa shape index (κ2) is 8.29. The lowest BCUT2D eigenvalue weighted by molar-refractivity contribution is -0.120. The van der Waals surface area contributed by atoms with Crippen LogP contribution in [0, 0.1) is 0 Å². The Hall–Kier alpha value is -2.40. The van der Waals surface area contributed by atoms with E-state index in [1.165, 1.54) is 0 Å². The standard InChI is InChI=1S/C18H22N2O3/c1-13(2)23-16-7-5-15(6-8-16)17(21)12-20-18(22)10-14-4-3-9-19-11-14/h3-9,11,13,17,21H,10,12H2,1-2H3,(H,20,22). The molecule has 1 atom stereocenters. The molecule has 23 heavy (non-hydrogen) atoms. The SMILES string of the molecule is CC(C)Oc1ccc(C(O)CNC(=O)Cc2cccnc2)cc1. The van der Waals surface area contributed by atoms with E-state index in [4.69, 9.17) is 4.74 Å². The molecule has 0 bridgehead atoms. The van der Waals surface area contributed by atoms with Crippen molar-refractivity contribution in [1.82, 2.24) is 10.3 Å². The number of carbonyl (C=O) groups is 1. The Bertz CT molecular complexity index is 612. The molecule has 1 aromatic heterocycles. The van der Waals surface area contributed by atoms with Gasteiger partial charge in [0, 0.05) is 18.9 Å². The monoisotopic (exact) mass is 314 g/mol. The molecule has 5 heteroatoms. The number of benzene rings is 1. The molecule has 2 rings (SSSR count). The average Bonchev–Trinajstić information content (AvgIpc) is 2.54. The highest BCUT2D eigenvalue weighted by molar-refractivity contribution is 5.78. The Morgan fingerprint density at radius 1 is 1.26 bits per heavy atom. The van der Waals surface area contributed by atoms with Crippen LogP contribution in [0.25, 0.3) is 0 Å². The van der Waals surface area contributed by atoms with Gasteiger partial charge in [-0.25, -0.2) is 0 Å². The van der Waals surface area contributed by atoms with Crippen molar-refractivity contribution in [3.8, 4) is 5.75 Å².